The molecule has 3 heterocycles. The Morgan fingerprint density at radius 2 is 1.97 bits per heavy atom. The summed E-state index contributed by atoms with van der Waals surface area (Å²) in [5, 5.41) is 15.5. The van der Waals surface area contributed by atoms with Crippen molar-refractivity contribution >= 4 is 48.1 Å². The minimum absolute atomic E-state index is 0.156. The number of nitrogens with zero attached hydrogens (tertiary/aromatic N) is 2. The molecule has 0 radical (unpaired) electrons. The largest absolute Gasteiger partial charge is 0.511 e. The molecule has 3 N–H and O–H groups in total. The van der Waals surface area contributed by atoms with Crippen LogP contribution in [0.1, 0.15) is 24.0 Å². The van der Waals surface area contributed by atoms with Gasteiger partial charge in [-0.2, -0.15) is 8.42 Å². The van der Waals surface area contributed by atoms with Crippen molar-refractivity contribution in [2.24, 2.45) is 9.81 Å². The topological polar surface area (TPSA) is 145 Å². The fraction of sp³-hybridized carbons (Fsp3) is 0.333. The number of carbonyl (C=O) groups excluding carboxylic acids is 1. The van der Waals surface area contributed by atoms with Gasteiger partial charge in [-0.15, -0.1) is 15.7 Å². The lowest BCUT2D eigenvalue weighted by Gasteiger charge is -2.35. The van der Waals surface area contributed by atoms with Crippen LogP contribution in [0.3, 0.4) is 0 Å². The molecule has 186 valence electrons. The molecule has 5 rings (SSSR count). The Bertz CT molecular complexity index is 1510. The van der Waals surface area contributed by atoms with E-state index in [-0.39, 0.29) is 52.3 Å². The van der Waals surface area contributed by atoms with Crippen LogP contribution in [-0.4, -0.2) is 51.4 Å². The first kappa shape index (κ1) is 23.9. The van der Waals surface area contributed by atoms with E-state index in [2.05, 4.69) is 14.4 Å². The van der Waals surface area contributed by atoms with Crippen molar-refractivity contribution in [3.05, 3.63) is 57.9 Å². The minimum Gasteiger partial charge on any atom is -0.511 e. The summed E-state index contributed by atoms with van der Waals surface area (Å²) in [4.78, 5) is 14.7. The number of hydrogen-bond donors (Lipinski definition) is 3. The molecule has 14 heteroatoms. The summed E-state index contributed by atoms with van der Waals surface area (Å²) >= 11 is 1.02. The lowest BCUT2D eigenvalue weighted by atomic mass is 9.92. The summed E-state index contributed by atoms with van der Waals surface area (Å²) in [5.74, 6) is -1.47. The van der Waals surface area contributed by atoms with Gasteiger partial charge in [-0.25, -0.2) is 17.5 Å². The Morgan fingerprint density at radius 3 is 2.60 bits per heavy atom. The molecule has 0 unspecified atom stereocenters. The quantitative estimate of drug-likeness (QED) is 0.509. The summed E-state index contributed by atoms with van der Waals surface area (Å²) in [6.45, 7) is 0.172. The lowest BCUT2D eigenvalue weighted by molar-refractivity contribution is -0.129. The van der Waals surface area contributed by atoms with Gasteiger partial charge in [0.05, 0.1) is 6.26 Å². The third-order valence-electron chi connectivity index (χ3n) is 6.15. The van der Waals surface area contributed by atoms with Gasteiger partial charge in [-0.05, 0) is 35.9 Å². The van der Waals surface area contributed by atoms with Crippen LogP contribution in [0.2, 0.25) is 0 Å². The molecule has 1 aliphatic carbocycles. The highest BCUT2D eigenvalue weighted by atomic mass is 32.2. The van der Waals surface area contributed by atoms with E-state index in [1.165, 1.54) is 22.4 Å². The van der Waals surface area contributed by atoms with Crippen molar-refractivity contribution in [2.75, 3.05) is 18.1 Å². The zero-order valence-corrected chi connectivity index (χ0v) is 20.9. The van der Waals surface area contributed by atoms with Crippen LogP contribution in [0, 0.1) is 11.2 Å². The Labute approximate surface area is 205 Å². The summed E-state index contributed by atoms with van der Waals surface area (Å²) in [6, 6.07) is 5.70. The van der Waals surface area contributed by atoms with Gasteiger partial charge >= 0.3 is 0 Å². The first-order chi connectivity index (χ1) is 16.4. The molecular weight excluding hydrogens is 519 g/mol. The molecule has 10 nitrogen and oxygen atoms in total. The van der Waals surface area contributed by atoms with Crippen molar-refractivity contribution in [1.82, 2.24) is 9.62 Å². The number of nitrogens with one attached hydrogen (secondary N) is 2. The Hall–Kier alpha value is -2.81. The van der Waals surface area contributed by atoms with Crippen LogP contribution in [0.4, 0.5) is 9.39 Å². The summed E-state index contributed by atoms with van der Waals surface area (Å²) < 4.78 is 68.4. The number of anilines is 1. The van der Waals surface area contributed by atoms with Gasteiger partial charge < -0.3 is 15.3 Å². The molecule has 1 saturated carbocycles. The summed E-state index contributed by atoms with van der Waals surface area (Å²) in [6.07, 6.45) is 2.21. The van der Waals surface area contributed by atoms with E-state index in [1.807, 2.05) is 0 Å². The zero-order chi connectivity index (χ0) is 25.2. The number of sulfonamides is 2. The molecule has 1 aromatic carbocycles. The number of carbonyl (C=O) groups is 1. The van der Waals surface area contributed by atoms with Gasteiger partial charge in [0.2, 0.25) is 10.0 Å². The van der Waals surface area contributed by atoms with E-state index < -0.39 is 37.2 Å². The van der Waals surface area contributed by atoms with E-state index in [9.17, 15) is 31.1 Å². The molecular formula is C21H21FN4O6S3. The maximum Gasteiger partial charge on any atom is 0.287 e. The van der Waals surface area contributed by atoms with E-state index in [1.54, 1.807) is 12.1 Å². The molecule has 1 aromatic heterocycles. The maximum absolute atomic E-state index is 13.4. The number of thiophene rings is 1. The second-order valence-electron chi connectivity index (χ2n) is 8.84. The molecule has 0 atom stereocenters. The second kappa shape index (κ2) is 8.11. The predicted molar refractivity (Wildman–Crippen MR) is 127 cm³/mol. The van der Waals surface area contributed by atoms with Gasteiger partial charge in [0, 0.05) is 30.6 Å². The molecule has 1 spiro atoms. The zero-order valence-electron chi connectivity index (χ0n) is 18.4. The van der Waals surface area contributed by atoms with Crippen LogP contribution in [-0.2, 0) is 37.9 Å². The van der Waals surface area contributed by atoms with E-state index in [0.717, 1.165) is 17.6 Å². The van der Waals surface area contributed by atoms with Crippen LogP contribution in [0.15, 0.2) is 50.3 Å². The predicted octanol–water partition coefficient (Wildman–Crippen LogP) is 2.08. The number of amides is 1. The Balaban J connectivity index is 1.49. The lowest BCUT2D eigenvalue weighted by Crippen LogP contribution is -2.46. The van der Waals surface area contributed by atoms with Crippen molar-refractivity contribution in [3.63, 3.8) is 0 Å². The average molecular weight is 541 g/mol. The van der Waals surface area contributed by atoms with E-state index >= 15 is 0 Å². The SMILES string of the molecule is CS(=O)(=O)NCc1csc2c1S(=O)(=O)N=C(C1=C(O)C3(CC3)CN(Cc3ccc(F)cc3)C1=O)N2. The molecule has 0 bridgehead atoms. The molecule has 1 fully saturated rings. The highest BCUT2D eigenvalue weighted by molar-refractivity contribution is 7.91. The molecule has 1 amide bonds. The number of rotatable bonds is 6. The highest BCUT2D eigenvalue weighted by Crippen LogP contribution is 2.55. The van der Waals surface area contributed by atoms with Gasteiger partial charge in [0.25, 0.3) is 15.9 Å². The van der Waals surface area contributed by atoms with Crippen LogP contribution < -0.4 is 10.0 Å². The first-order valence-electron chi connectivity index (χ1n) is 10.5. The smallest absolute Gasteiger partial charge is 0.287 e. The minimum atomic E-state index is -4.30. The number of halogens is 1. The van der Waals surface area contributed by atoms with Crippen molar-refractivity contribution in [2.45, 2.75) is 30.8 Å². The van der Waals surface area contributed by atoms with Gasteiger partial charge in [0.15, 0.2) is 5.84 Å². The summed E-state index contributed by atoms with van der Waals surface area (Å²) in [7, 11) is -7.85. The van der Waals surface area contributed by atoms with Gasteiger partial charge in [-0.1, -0.05) is 12.1 Å². The average Bonchev–Trinajstić information content (AvgIpc) is 3.41. The van der Waals surface area contributed by atoms with E-state index in [4.69, 9.17) is 0 Å². The third kappa shape index (κ3) is 4.46. The van der Waals surface area contributed by atoms with E-state index in [0.29, 0.717) is 18.4 Å². The first-order valence-corrected chi connectivity index (χ1v) is 14.7. The van der Waals surface area contributed by atoms with Crippen molar-refractivity contribution in [1.29, 1.82) is 0 Å². The number of amidine groups is 1. The molecule has 2 aromatic rings. The maximum atomic E-state index is 13.4. The van der Waals surface area contributed by atoms with Crippen LogP contribution in [0.25, 0.3) is 0 Å². The number of hydrogen-bond acceptors (Lipinski definition) is 8. The number of benzene rings is 1. The summed E-state index contributed by atoms with van der Waals surface area (Å²) in [5.41, 5.74) is 0.0214. The standard InChI is InChI=1S/C21H21FN4O6S3/c1-34(29,30)23-8-13-10-33-19-16(13)35(31,32)25-18(24-19)15-17(27)21(6-7-21)11-26(20(15)28)9-12-2-4-14(22)5-3-12/h2-5,10,23,27H,6-9,11H2,1H3,(H,24,25). The van der Waals surface area contributed by atoms with Crippen LogP contribution in [0.5, 0.6) is 0 Å². The monoisotopic (exact) mass is 540 g/mol. The molecule has 3 aliphatic rings. The normalized spacial score (nSPS) is 20.5. The van der Waals surface area contributed by atoms with Crippen LogP contribution >= 0.6 is 11.3 Å². The fourth-order valence-electron chi connectivity index (χ4n) is 4.22. The molecule has 2 aliphatic heterocycles. The van der Waals surface area contributed by atoms with Crippen molar-refractivity contribution < 1.29 is 31.1 Å². The van der Waals surface area contributed by atoms with Gasteiger partial charge in [0.1, 0.15) is 27.0 Å². The fourth-order valence-corrected chi connectivity index (χ4v) is 7.24. The second-order valence-corrected chi connectivity index (χ2v) is 13.1. The molecule has 35 heavy (non-hydrogen) atoms. The highest BCUT2D eigenvalue weighted by Gasteiger charge is 2.55. The number of aliphatic hydroxyl groups excluding tert-OH is 1. The third-order valence-corrected chi connectivity index (χ3v) is 9.30. The number of fused-ring (bicyclic) bond motifs is 1. The van der Waals surface area contributed by atoms with Gasteiger partial charge in [-0.3, -0.25) is 4.79 Å². The Morgan fingerprint density at radius 1 is 1.29 bits per heavy atom. The van der Waals surface area contributed by atoms with Crippen molar-refractivity contribution in [3.8, 4) is 0 Å². The Kier molecular flexibility index (Phi) is 5.54. The molecule has 0 saturated heterocycles. The number of aliphatic hydroxyl groups is 1.